The molecule has 1 amide bonds. The number of nitrogens with one attached hydrogen (secondary N) is 1. The number of halogens is 1. The van der Waals surface area contributed by atoms with Gasteiger partial charge in [-0.1, -0.05) is 11.6 Å². The lowest BCUT2D eigenvalue weighted by Crippen LogP contribution is -2.57. The summed E-state index contributed by atoms with van der Waals surface area (Å²) in [5.41, 5.74) is 0. The lowest BCUT2D eigenvalue weighted by Gasteiger charge is -2.32. The van der Waals surface area contributed by atoms with Gasteiger partial charge in [0, 0.05) is 13.1 Å². The predicted octanol–water partition coefficient (Wildman–Crippen LogP) is 0.454. The molecule has 1 aromatic rings. The van der Waals surface area contributed by atoms with Crippen molar-refractivity contribution in [2.24, 2.45) is 0 Å². The number of hydrogen-bond donors (Lipinski definition) is 1. The number of rotatable bonds is 4. The molecule has 1 saturated heterocycles. The van der Waals surface area contributed by atoms with Gasteiger partial charge in [0.05, 0.1) is 17.9 Å². The van der Waals surface area contributed by atoms with Crippen molar-refractivity contribution in [3.63, 3.8) is 0 Å². The predicted molar refractivity (Wildman–Crippen MR) is 76.7 cm³/mol. The molecule has 0 radical (unpaired) electrons. The van der Waals surface area contributed by atoms with Gasteiger partial charge in [-0.05, 0) is 12.1 Å². The Morgan fingerprint density at radius 2 is 2.29 bits per heavy atom. The first kappa shape index (κ1) is 16.2. The van der Waals surface area contributed by atoms with Gasteiger partial charge in [-0.25, -0.2) is 8.42 Å². The molecule has 1 N–H and O–H groups in total. The summed E-state index contributed by atoms with van der Waals surface area (Å²) < 4.78 is 31.0. The number of amides is 1. The van der Waals surface area contributed by atoms with Crippen molar-refractivity contribution < 1.29 is 22.7 Å². The van der Waals surface area contributed by atoms with Crippen LogP contribution in [-0.4, -0.2) is 50.8 Å². The second-order valence-corrected chi connectivity index (χ2v) is 8.09. The van der Waals surface area contributed by atoms with Gasteiger partial charge in [-0.3, -0.25) is 9.59 Å². The molecule has 1 aliphatic heterocycles. The summed E-state index contributed by atoms with van der Waals surface area (Å²) in [7, 11) is -2.70. The third kappa shape index (κ3) is 3.37. The Labute approximate surface area is 130 Å². The zero-order valence-electron chi connectivity index (χ0n) is 11.0. The van der Waals surface area contributed by atoms with E-state index in [1.54, 1.807) is 0 Å². The van der Waals surface area contributed by atoms with E-state index < -0.39 is 27.9 Å². The molecule has 1 atom stereocenters. The van der Waals surface area contributed by atoms with Crippen molar-refractivity contribution in [3.05, 3.63) is 16.5 Å². The first-order valence-electron chi connectivity index (χ1n) is 5.98. The van der Waals surface area contributed by atoms with Crippen molar-refractivity contribution in [1.82, 2.24) is 9.62 Å². The fraction of sp³-hybridized carbons (Fsp3) is 0.455. The molecule has 2 heterocycles. The summed E-state index contributed by atoms with van der Waals surface area (Å²) in [6.07, 6.45) is -0.333. The van der Waals surface area contributed by atoms with Gasteiger partial charge >= 0.3 is 5.97 Å². The number of piperazine rings is 1. The van der Waals surface area contributed by atoms with Crippen LogP contribution in [0.25, 0.3) is 0 Å². The molecule has 10 heteroatoms. The van der Waals surface area contributed by atoms with Crippen LogP contribution < -0.4 is 5.32 Å². The molecule has 0 saturated carbocycles. The van der Waals surface area contributed by atoms with Gasteiger partial charge in [0.25, 0.3) is 10.0 Å². The number of methoxy groups -OCH3 is 1. The van der Waals surface area contributed by atoms with Gasteiger partial charge in [-0.15, -0.1) is 11.3 Å². The second-order valence-electron chi connectivity index (χ2n) is 4.26. The Balaban J connectivity index is 2.33. The fourth-order valence-corrected chi connectivity index (χ4v) is 5.17. The summed E-state index contributed by atoms with van der Waals surface area (Å²) >= 11 is 6.66. The number of ether oxygens (including phenoxy) is 1. The number of esters is 1. The van der Waals surface area contributed by atoms with E-state index in [1.165, 1.54) is 19.2 Å². The monoisotopic (exact) mass is 352 g/mol. The topological polar surface area (TPSA) is 92.8 Å². The van der Waals surface area contributed by atoms with Crippen LogP contribution in [0.15, 0.2) is 16.3 Å². The smallest absolute Gasteiger partial charge is 0.307 e. The Morgan fingerprint density at radius 1 is 1.57 bits per heavy atom. The fourth-order valence-electron chi connectivity index (χ4n) is 1.97. The van der Waals surface area contributed by atoms with Gasteiger partial charge in [0.15, 0.2) is 0 Å². The molecule has 1 unspecified atom stereocenters. The van der Waals surface area contributed by atoms with Crippen LogP contribution in [0.5, 0.6) is 0 Å². The Bertz CT molecular complexity index is 657. The summed E-state index contributed by atoms with van der Waals surface area (Å²) in [6, 6.07) is 1.74. The zero-order chi connectivity index (χ0) is 15.6. The standard InChI is InChI=1S/C11H13ClN2O5S2/c1-19-9(15)6-7-11(16)13-4-5-14(7)21(17,18)10-3-2-8(12)20-10/h2-3,7H,4-6H2,1H3,(H,13,16). The van der Waals surface area contributed by atoms with E-state index in [0.29, 0.717) is 4.34 Å². The SMILES string of the molecule is COC(=O)CC1C(=O)NCCN1S(=O)(=O)c1ccc(Cl)s1. The second kappa shape index (κ2) is 6.30. The van der Waals surface area contributed by atoms with E-state index in [2.05, 4.69) is 10.1 Å². The van der Waals surface area contributed by atoms with Crippen molar-refractivity contribution in [2.75, 3.05) is 20.2 Å². The Morgan fingerprint density at radius 3 is 2.86 bits per heavy atom. The minimum Gasteiger partial charge on any atom is -0.469 e. The summed E-state index contributed by atoms with van der Waals surface area (Å²) in [5, 5.41) is 2.54. The molecule has 1 aliphatic rings. The maximum atomic E-state index is 12.6. The van der Waals surface area contributed by atoms with Crippen molar-refractivity contribution in [1.29, 1.82) is 0 Å². The molecular weight excluding hydrogens is 340 g/mol. The maximum absolute atomic E-state index is 12.6. The molecule has 0 aliphatic carbocycles. The molecule has 7 nitrogen and oxygen atoms in total. The minimum atomic E-state index is -3.88. The van der Waals surface area contributed by atoms with Crippen LogP contribution >= 0.6 is 22.9 Å². The lowest BCUT2D eigenvalue weighted by atomic mass is 10.1. The molecule has 2 rings (SSSR count). The quantitative estimate of drug-likeness (QED) is 0.794. The number of hydrogen-bond acceptors (Lipinski definition) is 6. The first-order valence-corrected chi connectivity index (χ1v) is 8.61. The summed E-state index contributed by atoms with van der Waals surface area (Å²) in [6.45, 7) is 0.278. The molecule has 0 bridgehead atoms. The van der Waals surface area contributed by atoms with E-state index in [-0.39, 0.29) is 23.7 Å². The zero-order valence-corrected chi connectivity index (χ0v) is 13.4. The highest BCUT2D eigenvalue weighted by Crippen LogP contribution is 2.30. The summed E-state index contributed by atoms with van der Waals surface area (Å²) in [4.78, 5) is 23.3. The van der Waals surface area contributed by atoms with Crippen LogP contribution in [0, 0.1) is 0 Å². The average Bonchev–Trinajstić information content (AvgIpc) is 2.88. The molecular formula is C11H13ClN2O5S2. The van der Waals surface area contributed by atoms with Gasteiger partial charge in [0.2, 0.25) is 5.91 Å². The first-order chi connectivity index (χ1) is 9.86. The van der Waals surface area contributed by atoms with Crippen molar-refractivity contribution >= 4 is 44.8 Å². The van der Waals surface area contributed by atoms with E-state index in [4.69, 9.17) is 11.6 Å². The van der Waals surface area contributed by atoms with Gasteiger partial charge < -0.3 is 10.1 Å². The van der Waals surface area contributed by atoms with E-state index in [1.807, 2.05) is 0 Å². The van der Waals surface area contributed by atoms with Gasteiger partial charge in [0.1, 0.15) is 10.3 Å². The largest absolute Gasteiger partial charge is 0.469 e. The molecule has 1 aromatic heterocycles. The Kier molecular flexibility index (Phi) is 4.87. The summed E-state index contributed by atoms with van der Waals surface area (Å²) in [5.74, 6) is -1.17. The molecule has 1 fully saturated rings. The van der Waals surface area contributed by atoms with Crippen LogP contribution in [0.1, 0.15) is 6.42 Å². The lowest BCUT2D eigenvalue weighted by molar-refractivity contribution is -0.144. The van der Waals surface area contributed by atoms with E-state index >= 15 is 0 Å². The van der Waals surface area contributed by atoms with E-state index in [0.717, 1.165) is 15.6 Å². The third-order valence-corrected chi connectivity index (χ3v) is 6.59. The number of nitrogens with zero attached hydrogens (tertiary/aromatic N) is 1. The Hall–Kier alpha value is -1.16. The molecule has 116 valence electrons. The number of carbonyl (C=O) groups is 2. The molecule has 0 aromatic carbocycles. The van der Waals surface area contributed by atoms with Crippen LogP contribution in [-0.2, 0) is 24.3 Å². The number of thiophene rings is 1. The maximum Gasteiger partial charge on any atom is 0.307 e. The molecule has 21 heavy (non-hydrogen) atoms. The van der Waals surface area contributed by atoms with Crippen molar-refractivity contribution in [3.8, 4) is 0 Å². The van der Waals surface area contributed by atoms with Crippen LogP contribution in [0.4, 0.5) is 0 Å². The normalized spacial score (nSPS) is 20.1. The number of carbonyl (C=O) groups excluding carboxylic acids is 2. The highest BCUT2D eigenvalue weighted by atomic mass is 35.5. The number of sulfonamides is 1. The highest BCUT2D eigenvalue weighted by Gasteiger charge is 2.40. The molecule has 0 spiro atoms. The van der Waals surface area contributed by atoms with Gasteiger partial charge in [-0.2, -0.15) is 4.31 Å². The highest BCUT2D eigenvalue weighted by molar-refractivity contribution is 7.91. The minimum absolute atomic E-state index is 0.0389. The van der Waals surface area contributed by atoms with Crippen LogP contribution in [0.2, 0.25) is 4.34 Å². The van der Waals surface area contributed by atoms with Crippen molar-refractivity contribution in [2.45, 2.75) is 16.7 Å². The van der Waals surface area contributed by atoms with E-state index in [9.17, 15) is 18.0 Å². The average molecular weight is 353 g/mol. The third-order valence-electron chi connectivity index (χ3n) is 2.98. The van der Waals surface area contributed by atoms with Crippen LogP contribution in [0.3, 0.4) is 0 Å².